The molecule has 1 amide bonds. The van der Waals surface area contributed by atoms with E-state index in [1.807, 2.05) is 0 Å². The molecule has 1 aliphatic rings. The average molecular weight is 530 g/mol. The van der Waals surface area contributed by atoms with Crippen molar-refractivity contribution in [2.45, 2.75) is 51.6 Å². The van der Waals surface area contributed by atoms with Gasteiger partial charge >= 0.3 is 12.1 Å². The van der Waals surface area contributed by atoms with E-state index in [2.05, 4.69) is 5.32 Å². The van der Waals surface area contributed by atoms with Crippen LogP contribution in [0.15, 0.2) is 42.5 Å². The highest BCUT2D eigenvalue weighted by molar-refractivity contribution is 6.33. The predicted octanol–water partition coefficient (Wildman–Crippen LogP) is 7.61. The van der Waals surface area contributed by atoms with Crippen LogP contribution in [0.4, 0.5) is 18.9 Å². The van der Waals surface area contributed by atoms with Crippen LogP contribution in [0, 0.1) is 17.8 Å². The zero-order chi connectivity index (χ0) is 25.9. The summed E-state index contributed by atoms with van der Waals surface area (Å²) >= 11 is 12.2. The molecule has 2 aromatic carbocycles. The summed E-state index contributed by atoms with van der Waals surface area (Å²) < 4.78 is 46.2. The summed E-state index contributed by atoms with van der Waals surface area (Å²) in [5, 5.41) is 3.15. The van der Waals surface area contributed by atoms with Crippen LogP contribution in [0.25, 0.3) is 0 Å². The number of rotatable bonds is 9. The summed E-state index contributed by atoms with van der Waals surface area (Å²) in [6.07, 6.45) is -2.68. The minimum Gasteiger partial charge on any atom is -0.466 e. The third-order valence-corrected chi connectivity index (χ3v) is 7.07. The Labute approximate surface area is 213 Å². The molecule has 1 aliphatic carbocycles. The van der Waals surface area contributed by atoms with Gasteiger partial charge in [-0.05, 0) is 67.0 Å². The molecule has 0 bridgehead atoms. The Kier molecular flexibility index (Phi) is 8.76. The lowest BCUT2D eigenvalue weighted by atomic mass is 9.83. The van der Waals surface area contributed by atoms with E-state index < -0.39 is 29.8 Å². The average Bonchev–Trinajstić information content (AvgIpc) is 3.62. The highest BCUT2D eigenvalue weighted by atomic mass is 35.5. The Balaban J connectivity index is 1.92. The van der Waals surface area contributed by atoms with Crippen LogP contribution in [-0.2, 0) is 14.3 Å². The van der Waals surface area contributed by atoms with Crippen LogP contribution < -0.4 is 5.32 Å². The molecule has 9 heteroatoms. The Morgan fingerprint density at radius 1 is 1.06 bits per heavy atom. The first-order chi connectivity index (χ1) is 16.4. The first-order valence-electron chi connectivity index (χ1n) is 11.5. The van der Waals surface area contributed by atoms with Crippen molar-refractivity contribution in [1.82, 2.24) is 0 Å². The maximum Gasteiger partial charge on any atom is 0.392 e. The molecule has 0 aromatic heterocycles. The van der Waals surface area contributed by atoms with Gasteiger partial charge in [-0.15, -0.1) is 0 Å². The summed E-state index contributed by atoms with van der Waals surface area (Å²) in [6.45, 7) is 4.79. The molecule has 1 N–H and O–H groups in total. The van der Waals surface area contributed by atoms with Crippen molar-refractivity contribution in [3.63, 3.8) is 0 Å². The van der Waals surface area contributed by atoms with Gasteiger partial charge in [0.1, 0.15) is 0 Å². The second-order valence-corrected chi connectivity index (χ2v) is 9.84. The first-order valence-corrected chi connectivity index (χ1v) is 12.3. The van der Waals surface area contributed by atoms with E-state index in [9.17, 15) is 22.8 Å². The quantitative estimate of drug-likeness (QED) is 0.340. The van der Waals surface area contributed by atoms with E-state index in [-0.39, 0.29) is 40.7 Å². The number of alkyl halides is 3. The van der Waals surface area contributed by atoms with Gasteiger partial charge in [-0.3, -0.25) is 9.59 Å². The van der Waals surface area contributed by atoms with Crippen LogP contribution >= 0.6 is 23.2 Å². The van der Waals surface area contributed by atoms with Crippen LogP contribution in [-0.4, -0.2) is 24.7 Å². The van der Waals surface area contributed by atoms with Crippen molar-refractivity contribution in [3.05, 3.63) is 63.6 Å². The maximum atomic E-state index is 13.7. The molecule has 190 valence electrons. The minimum atomic E-state index is -4.60. The molecule has 0 aliphatic heterocycles. The maximum absolute atomic E-state index is 13.7. The van der Waals surface area contributed by atoms with E-state index in [4.69, 9.17) is 27.9 Å². The van der Waals surface area contributed by atoms with Gasteiger partial charge in [0, 0.05) is 5.02 Å². The number of halogens is 5. The van der Waals surface area contributed by atoms with Crippen molar-refractivity contribution in [3.8, 4) is 0 Å². The molecule has 0 radical (unpaired) electrons. The fraction of sp³-hybridized carbons (Fsp3) is 0.462. The summed E-state index contributed by atoms with van der Waals surface area (Å²) in [5.74, 6) is -4.89. The van der Waals surface area contributed by atoms with Gasteiger partial charge in [-0.2, -0.15) is 13.2 Å². The van der Waals surface area contributed by atoms with Crippen LogP contribution in [0.3, 0.4) is 0 Å². The number of anilines is 1. The van der Waals surface area contributed by atoms with Gasteiger partial charge in [0.2, 0.25) is 5.91 Å². The second kappa shape index (κ2) is 11.2. The van der Waals surface area contributed by atoms with Gasteiger partial charge in [0.25, 0.3) is 0 Å². The fourth-order valence-corrected chi connectivity index (χ4v) is 4.72. The van der Waals surface area contributed by atoms with Gasteiger partial charge in [-0.1, -0.05) is 55.2 Å². The van der Waals surface area contributed by atoms with Crippen LogP contribution in [0.2, 0.25) is 10.0 Å². The second-order valence-electron chi connectivity index (χ2n) is 8.99. The van der Waals surface area contributed by atoms with Gasteiger partial charge in [-0.25, -0.2) is 0 Å². The molecule has 2 aromatic rings. The zero-order valence-electron chi connectivity index (χ0n) is 19.7. The smallest absolute Gasteiger partial charge is 0.392 e. The monoisotopic (exact) mass is 529 g/mol. The molecular weight excluding hydrogens is 502 g/mol. The number of carbonyl (C=O) groups excluding carboxylic acids is 2. The van der Waals surface area contributed by atoms with E-state index in [1.165, 1.54) is 24.3 Å². The van der Waals surface area contributed by atoms with E-state index in [0.29, 0.717) is 5.02 Å². The number of carbonyl (C=O) groups is 2. The van der Waals surface area contributed by atoms with Crippen molar-refractivity contribution in [2.75, 3.05) is 11.9 Å². The minimum absolute atomic E-state index is 0.150. The fourth-order valence-electron chi connectivity index (χ4n) is 4.43. The summed E-state index contributed by atoms with van der Waals surface area (Å²) in [4.78, 5) is 25.6. The van der Waals surface area contributed by atoms with Crippen molar-refractivity contribution < 1.29 is 27.5 Å². The lowest BCUT2D eigenvalue weighted by molar-refractivity contribution is -0.178. The van der Waals surface area contributed by atoms with Crippen LogP contribution in [0.5, 0.6) is 0 Å². The zero-order valence-corrected chi connectivity index (χ0v) is 21.2. The third kappa shape index (κ3) is 6.70. The summed E-state index contributed by atoms with van der Waals surface area (Å²) in [7, 11) is 0. The van der Waals surface area contributed by atoms with Gasteiger partial charge in [0.15, 0.2) is 0 Å². The molecule has 4 unspecified atom stereocenters. The lowest BCUT2D eigenvalue weighted by Crippen LogP contribution is -2.34. The van der Waals surface area contributed by atoms with Gasteiger partial charge < -0.3 is 10.1 Å². The number of hydrogen-bond acceptors (Lipinski definition) is 3. The van der Waals surface area contributed by atoms with Gasteiger partial charge in [0.05, 0.1) is 35.1 Å². The molecule has 1 fully saturated rings. The number of benzene rings is 2. The number of esters is 1. The topological polar surface area (TPSA) is 55.4 Å². The lowest BCUT2D eigenvalue weighted by Gasteiger charge is -2.27. The standard InChI is InChI=1S/C26H28Cl2F3NO3/c1-4-35-25(34)14(2)22(16-5-6-16)18-9-12-20(28)21(13-18)32-24(33)23(15(3)26(29,30)31)17-7-10-19(27)11-8-17/h7-16,22-23H,4-6H2,1-3H3,(H,32,33). The van der Waals surface area contributed by atoms with E-state index in [0.717, 1.165) is 25.3 Å². The molecule has 0 saturated heterocycles. The van der Waals surface area contributed by atoms with Crippen molar-refractivity contribution in [1.29, 1.82) is 0 Å². The van der Waals surface area contributed by atoms with Crippen LogP contribution in [0.1, 0.15) is 56.6 Å². The Morgan fingerprint density at radius 2 is 1.66 bits per heavy atom. The molecule has 0 spiro atoms. The molecular formula is C26H28Cl2F3NO3. The number of ether oxygens (including phenoxy) is 1. The summed E-state index contributed by atoms with van der Waals surface area (Å²) in [6, 6.07) is 10.7. The van der Waals surface area contributed by atoms with E-state index in [1.54, 1.807) is 32.0 Å². The summed E-state index contributed by atoms with van der Waals surface area (Å²) in [5.41, 5.74) is 1.17. The Bertz CT molecular complexity index is 1050. The molecule has 4 nitrogen and oxygen atoms in total. The first kappa shape index (κ1) is 27.3. The van der Waals surface area contributed by atoms with Crippen molar-refractivity contribution in [2.24, 2.45) is 17.8 Å². The number of nitrogens with one attached hydrogen (secondary N) is 1. The third-order valence-electron chi connectivity index (χ3n) is 6.49. The molecule has 1 saturated carbocycles. The Morgan fingerprint density at radius 3 is 2.20 bits per heavy atom. The highest BCUT2D eigenvalue weighted by Gasteiger charge is 2.45. The molecule has 0 heterocycles. The molecule has 35 heavy (non-hydrogen) atoms. The predicted molar refractivity (Wildman–Crippen MR) is 131 cm³/mol. The molecule has 3 rings (SSSR count). The molecule has 4 atom stereocenters. The largest absolute Gasteiger partial charge is 0.466 e. The normalized spacial score (nSPS) is 17.3. The van der Waals surface area contributed by atoms with Crippen molar-refractivity contribution >= 4 is 40.8 Å². The van der Waals surface area contributed by atoms with E-state index >= 15 is 0 Å². The number of amides is 1. The Hall–Kier alpha value is -2.25. The highest BCUT2D eigenvalue weighted by Crippen LogP contribution is 2.48. The SMILES string of the molecule is CCOC(=O)C(C)C(c1ccc(Cl)c(NC(=O)C(c2ccc(Cl)cc2)C(C)C(F)(F)F)c1)C1CC1. The number of hydrogen-bond donors (Lipinski definition) is 1.